The third-order valence-electron chi connectivity index (χ3n) is 2.47. The van der Waals surface area contributed by atoms with Gasteiger partial charge >= 0.3 is 12.0 Å². The number of methoxy groups -OCH3 is 1. The molecule has 0 aromatic carbocycles. The molecule has 1 rings (SSSR count). The lowest BCUT2D eigenvalue weighted by atomic mass is 10.2. The van der Waals surface area contributed by atoms with Crippen LogP contribution < -0.4 is 15.4 Å². The third-order valence-corrected chi connectivity index (χ3v) is 2.47. The van der Waals surface area contributed by atoms with Gasteiger partial charge in [0.1, 0.15) is 6.04 Å². The molecule has 1 aromatic rings. The summed E-state index contributed by atoms with van der Waals surface area (Å²) in [5.74, 6) is -0.597. The van der Waals surface area contributed by atoms with Gasteiger partial charge < -0.3 is 20.5 Å². The number of rotatable bonds is 6. The molecule has 2 amide bonds. The monoisotopic (exact) mass is 267 g/mol. The van der Waals surface area contributed by atoms with E-state index in [9.17, 15) is 9.59 Å². The molecule has 7 heteroatoms. The first-order valence-electron chi connectivity index (χ1n) is 5.83. The van der Waals surface area contributed by atoms with Gasteiger partial charge in [0.15, 0.2) is 0 Å². The fourth-order valence-corrected chi connectivity index (χ4v) is 1.40. The Kier molecular flexibility index (Phi) is 5.59. The minimum absolute atomic E-state index is 0.265. The maximum atomic E-state index is 11.5. The van der Waals surface area contributed by atoms with Crippen molar-refractivity contribution in [1.29, 1.82) is 0 Å². The van der Waals surface area contributed by atoms with Crippen molar-refractivity contribution in [2.24, 2.45) is 0 Å². The largest absolute Gasteiger partial charge is 0.481 e. The second-order valence-electron chi connectivity index (χ2n) is 3.83. The van der Waals surface area contributed by atoms with Crippen molar-refractivity contribution in [2.45, 2.75) is 25.9 Å². The van der Waals surface area contributed by atoms with Crippen molar-refractivity contribution >= 4 is 12.0 Å². The summed E-state index contributed by atoms with van der Waals surface area (Å²) >= 11 is 0. The Balaban J connectivity index is 2.47. The molecule has 0 saturated heterocycles. The van der Waals surface area contributed by atoms with Crippen LogP contribution in [-0.2, 0) is 11.3 Å². The van der Waals surface area contributed by atoms with Gasteiger partial charge in [-0.1, -0.05) is 6.92 Å². The average molecular weight is 267 g/mol. The van der Waals surface area contributed by atoms with Gasteiger partial charge in [-0.05, 0) is 18.1 Å². The smallest absolute Gasteiger partial charge is 0.326 e. The van der Waals surface area contributed by atoms with E-state index in [2.05, 4.69) is 15.6 Å². The Morgan fingerprint density at radius 3 is 2.84 bits per heavy atom. The van der Waals surface area contributed by atoms with Crippen LogP contribution in [0.15, 0.2) is 18.3 Å². The molecule has 0 aliphatic rings. The maximum absolute atomic E-state index is 11.5. The number of carboxylic acid groups (broad SMARTS) is 1. The number of carbonyl (C=O) groups excluding carboxylic acids is 1. The predicted molar refractivity (Wildman–Crippen MR) is 67.9 cm³/mol. The molecule has 7 nitrogen and oxygen atoms in total. The van der Waals surface area contributed by atoms with Crippen LogP contribution in [0.1, 0.15) is 18.9 Å². The Hall–Kier alpha value is -2.31. The van der Waals surface area contributed by atoms with Crippen LogP contribution in [0.4, 0.5) is 4.79 Å². The standard InChI is InChI=1S/C12H17N3O4/c1-3-9(11(16)17)15-12(18)14-7-8-4-5-13-10(6-8)19-2/h4-6,9H,3,7H2,1-2H3,(H,16,17)(H2,14,15,18)/t9-/m0/s1. The Morgan fingerprint density at radius 1 is 1.53 bits per heavy atom. The normalized spacial score (nSPS) is 11.5. The van der Waals surface area contributed by atoms with Crippen molar-refractivity contribution in [1.82, 2.24) is 15.6 Å². The van der Waals surface area contributed by atoms with Gasteiger partial charge in [-0.2, -0.15) is 0 Å². The molecule has 0 aliphatic heterocycles. The van der Waals surface area contributed by atoms with Gasteiger partial charge in [-0.15, -0.1) is 0 Å². The summed E-state index contributed by atoms with van der Waals surface area (Å²) in [6, 6.07) is 2.02. The molecular weight excluding hydrogens is 250 g/mol. The van der Waals surface area contributed by atoms with Crippen LogP contribution in [0.25, 0.3) is 0 Å². The Bertz CT molecular complexity index is 450. The number of pyridine rings is 1. The van der Waals surface area contributed by atoms with E-state index in [1.165, 1.54) is 7.11 Å². The van der Waals surface area contributed by atoms with Gasteiger partial charge in [-0.25, -0.2) is 14.6 Å². The summed E-state index contributed by atoms with van der Waals surface area (Å²) in [6.45, 7) is 1.95. The van der Waals surface area contributed by atoms with E-state index in [0.29, 0.717) is 12.3 Å². The highest BCUT2D eigenvalue weighted by Crippen LogP contribution is 2.07. The first kappa shape index (κ1) is 14.7. The van der Waals surface area contributed by atoms with E-state index in [1.807, 2.05) is 0 Å². The van der Waals surface area contributed by atoms with E-state index in [1.54, 1.807) is 25.3 Å². The zero-order valence-corrected chi connectivity index (χ0v) is 10.8. The lowest BCUT2D eigenvalue weighted by Gasteiger charge is -2.13. The van der Waals surface area contributed by atoms with Crippen molar-refractivity contribution in [2.75, 3.05) is 7.11 Å². The molecule has 0 bridgehead atoms. The number of hydrogen-bond donors (Lipinski definition) is 3. The van der Waals surface area contributed by atoms with Crippen molar-refractivity contribution in [3.8, 4) is 5.88 Å². The number of aromatic nitrogens is 1. The molecule has 1 atom stereocenters. The number of amides is 2. The summed E-state index contributed by atoms with van der Waals surface area (Å²) in [5, 5.41) is 13.8. The second kappa shape index (κ2) is 7.20. The number of hydrogen-bond acceptors (Lipinski definition) is 4. The minimum Gasteiger partial charge on any atom is -0.481 e. The number of carbonyl (C=O) groups is 2. The molecule has 3 N–H and O–H groups in total. The highest BCUT2D eigenvalue weighted by atomic mass is 16.5. The summed E-state index contributed by atoms with van der Waals surface area (Å²) < 4.78 is 4.96. The van der Waals surface area contributed by atoms with Gasteiger partial charge in [0.2, 0.25) is 5.88 Å². The highest BCUT2D eigenvalue weighted by Gasteiger charge is 2.16. The van der Waals surface area contributed by atoms with Crippen LogP contribution in [0.5, 0.6) is 5.88 Å². The van der Waals surface area contributed by atoms with E-state index >= 15 is 0 Å². The van der Waals surface area contributed by atoms with Crippen LogP contribution in [0, 0.1) is 0 Å². The molecule has 0 radical (unpaired) electrons. The fraction of sp³-hybridized carbons (Fsp3) is 0.417. The molecule has 0 aliphatic carbocycles. The summed E-state index contributed by atoms with van der Waals surface area (Å²) in [4.78, 5) is 26.2. The Labute approximate surface area is 111 Å². The number of aliphatic carboxylic acids is 1. The lowest BCUT2D eigenvalue weighted by molar-refractivity contribution is -0.139. The van der Waals surface area contributed by atoms with Crippen LogP contribution >= 0.6 is 0 Å². The topological polar surface area (TPSA) is 101 Å². The van der Waals surface area contributed by atoms with E-state index in [4.69, 9.17) is 9.84 Å². The van der Waals surface area contributed by atoms with Gasteiger partial charge in [-0.3, -0.25) is 0 Å². The maximum Gasteiger partial charge on any atom is 0.326 e. The van der Waals surface area contributed by atoms with Crippen LogP contribution in [0.3, 0.4) is 0 Å². The van der Waals surface area contributed by atoms with E-state index in [0.717, 1.165) is 5.56 Å². The molecule has 0 spiro atoms. The molecule has 0 fully saturated rings. The van der Waals surface area contributed by atoms with Gasteiger partial charge in [0.25, 0.3) is 0 Å². The van der Waals surface area contributed by atoms with Crippen molar-refractivity contribution < 1.29 is 19.4 Å². The lowest BCUT2D eigenvalue weighted by Crippen LogP contribution is -2.45. The summed E-state index contributed by atoms with van der Waals surface area (Å²) in [7, 11) is 1.50. The number of carboxylic acids is 1. The van der Waals surface area contributed by atoms with E-state index in [-0.39, 0.29) is 6.54 Å². The summed E-state index contributed by atoms with van der Waals surface area (Å²) in [5.41, 5.74) is 0.811. The quantitative estimate of drug-likeness (QED) is 0.706. The molecule has 0 saturated carbocycles. The average Bonchev–Trinajstić information content (AvgIpc) is 2.42. The number of ether oxygens (including phenoxy) is 1. The fourth-order valence-electron chi connectivity index (χ4n) is 1.40. The molecular formula is C12H17N3O4. The first-order valence-corrected chi connectivity index (χ1v) is 5.83. The minimum atomic E-state index is -1.05. The second-order valence-corrected chi connectivity index (χ2v) is 3.83. The predicted octanol–water partition coefficient (Wildman–Crippen LogP) is 0.753. The highest BCUT2D eigenvalue weighted by molar-refractivity contribution is 5.82. The molecule has 1 aromatic heterocycles. The van der Waals surface area contributed by atoms with Crippen molar-refractivity contribution in [3.05, 3.63) is 23.9 Å². The number of nitrogens with one attached hydrogen (secondary N) is 2. The molecule has 104 valence electrons. The van der Waals surface area contributed by atoms with Crippen molar-refractivity contribution in [3.63, 3.8) is 0 Å². The third kappa shape index (κ3) is 4.82. The van der Waals surface area contributed by atoms with Gasteiger partial charge in [0.05, 0.1) is 7.11 Å². The molecule has 1 heterocycles. The summed E-state index contributed by atoms with van der Waals surface area (Å²) in [6.07, 6.45) is 1.89. The van der Waals surface area contributed by atoms with Crippen LogP contribution in [-0.4, -0.2) is 35.2 Å². The molecule has 0 unspecified atom stereocenters. The SMILES string of the molecule is CC[C@H](NC(=O)NCc1ccnc(OC)c1)C(=O)O. The van der Waals surface area contributed by atoms with Crippen LogP contribution in [0.2, 0.25) is 0 Å². The zero-order valence-electron chi connectivity index (χ0n) is 10.8. The Morgan fingerprint density at radius 2 is 2.26 bits per heavy atom. The first-order chi connectivity index (χ1) is 9.06. The van der Waals surface area contributed by atoms with Gasteiger partial charge in [0, 0.05) is 18.8 Å². The molecule has 19 heavy (non-hydrogen) atoms. The number of urea groups is 1. The zero-order chi connectivity index (χ0) is 14.3. The number of nitrogens with zero attached hydrogens (tertiary/aromatic N) is 1. The van der Waals surface area contributed by atoms with E-state index < -0.39 is 18.0 Å².